The quantitative estimate of drug-likeness (QED) is 0.657. The monoisotopic (exact) mass is 179 g/mol. The molecule has 0 saturated carbocycles. The van der Waals surface area contributed by atoms with Gasteiger partial charge in [0.15, 0.2) is 5.13 Å². The Morgan fingerprint density at radius 3 is 3.08 bits per heavy atom. The predicted molar refractivity (Wildman–Crippen MR) is 53.6 cm³/mol. The number of hydrogen-bond acceptors (Lipinski definition) is 4. The zero-order chi connectivity index (χ0) is 8.55. The minimum absolute atomic E-state index is 0.786. The molecule has 2 aromatic rings. The van der Waals surface area contributed by atoms with Gasteiger partial charge in [-0.25, -0.2) is 4.98 Å². The third kappa shape index (κ3) is 1.10. The highest BCUT2D eigenvalue weighted by atomic mass is 32.1. The molecular formula is C8H9N3S. The molecule has 62 valence electrons. The summed E-state index contributed by atoms with van der Waals surface area (Å²) in [6.07, 6.45) is 0. The van der Waals surface area contributed by atoms with Crippen molar-refractivity contribution in [3.63, 3.8) is 0 Å². The molecule has 4 heteroatoms. The van der Waals surface area contributed by atoms with E-state index in [0.717, 1.165) is 21.0 Å². The van der Waals surface area contributed by atoms with Gasteiger partial charge >= 0.3 is 0 Å². The lowest BCUT2D eigenvalue weighted by atomic mass is 10.3. The lowest BCUT2D eigenvalue weighted by Crippen LogP contribution is -1.84. The first kappa shape index (κ1) is 7.36. The number of nitrogens with one attached hydrogen (secondary N) is 1. The summed E-state index contributed by atoms with van der Waals surface area (Å²) in [5, 5.41) is 3.93. The van der Waals surface area contributed by atoms with Crippen molar-refractivity contribution >= 4 is 32.4 Å². The molecule has 0 aliphatic heterocycles. The van der Waals surface area contributed by atoms with Gasteiger partial charge in [-0.3, -0.25) is 0 Å². The number of nitrogens with zero attached hydrogens (tertiary/aromatic N) is 1. The molecular weight excluding hydrogens is 170 g/mol. The zero-order valence-corrected chi connectivity index (χ0v) is 7.48. The highest BCUT2D eigenvalue weighted by Gasteiger charge is 2.00. The van der Waals surface area contributed by atoms with Crippen LogP contribution in [-0.2, 0) is 0 Å². The average Bonchev–Trinajstić information content (AvgIpc) is 2.46. The molecule has 1 aromatic carbocycles. The van der Waals surface area contributed by atoms with Crippen LogP contribution in [0.3, 0.4) is 0 Å². The molecule has 0 fully saturated rings. The number of anilines is 2. The molecule has 0 bridgehead atoms. The van der Waals surface area contributed by atoms with E-state index in [-0.39, 0.29) is 0 Å². The molecule has 0 spiro atoms. The molecule has 1 aromatic heterocycles. The fourth-order valence-electron chi connectivity index (χ4n) is 1.05. The van der Waals surface area contributed by atoms with Crippen molar-refractivity contribution in [2.24, 2.45) is 0 Å². The summed E-state index contributed by atoms with van der Waals surface area (Å²) in [6, 6.07) is 5.73. The summed E-state index contributed by atoms with van der Waals surface area (Å²) >= 11 is 1.61. The number of aromatic nitrogens is 1. The molecule has 0 atom stereocenters. The molecule has 1 heterocycles. The van der Waals surface area contributed by atoms with Gasteiger partial charge in [0.25, 0.3) is 0 Å². The van der Waals surface area contributed by atoms with Crippen molar-refractivity contribution in [1.29, 1.82) is 0 Å². The van der Waals surface area contributed by atoms with Crippen LogP contribution in [0.4, 0.5) is 10.8 Å². The van der Waals surface area contributed by atoms with Crippen molar-refractivity contribution in [1.82, 2.24) is 4.98 Å². The largest absolute Gasteiger partial charge is 0.399 e. The van der Waals surface area contributed by atoms with Crippen LogP contribution in [0, 0.1) is 0 Å². The van der Waals surface area contributed by atoms with Crippen LogP contribution in [0.25, 0.3) is 10.2 Å². The first-order chi connectivity index (χ1) is 5.79. The first-order valence-electron chi connectivity index (χ1n) is 3.63. The van der Waals surface area contributed by atoms with Crippen LogP contribution in [0.5, 0.6) is 0 Å². The number of thiazole rings is 1. The molecule has 3 N–H and O–H groups in total. The highest BCUT2D eigenvalue weighted by molar-refractivity contribution is 7.22. The van der Waals surface area contributed by atoms with Crippen LogP contribution < -0.4 is 11.1 Å². The van der Waals surface area contributed by atoms with Crippen LogP contribution in [0.15, 0.2) is 18.2 Å². The number of benzene rings is 1. The molecule has 12 heavy (non-hydrogen) atoms. The van der Waals surface area contributed by atoms with Gasteiger partial charge in [0, 0.05) is 12.7 Å². The van der Waals surface area contributed by atoms with Gasteiger partial charge in [-0.2, -0.15) is 0 Å². The van der Waals surface area contributed by atoms with E-state index in [0.29, 0.717) is 0 Å². The van der Waals surface area contributed by atoms with Crippen LogP contribution in [0.1, 0.15) is 0 Å². The Bertz CT molecular complexity index is 408. The SMILES string of the molecule is CNc1nc2ccc(N)cc2s1. The van der Waals surface area contributed by atoms with Gasteiger partial charge in [-0.05, 0) is 18.2 Å². The van der Waals surface area contributed by atoms with Crippen molar-refractivity contribution in [2.45, 2.75) is 0 Å². The topological polar surface area (TPSA) is 50.9 Å². The van der Waals surface area contributed by atoms with Gasteiger partial charge in [0.05, 0.1) is 10.2 Å². The lowest BCUT2D eigenvalue weighted by molar-refractivity contribution is 1.41. The molecule has 0 amide bonds. The Morgan fingerprint density at radius 1 is 1.50 bits per heavy atom. The lowest BCUT2D eigenvalue weighted by Gasteiger charge is -1.88. The van der Waals surface area contributed by atoms with Gasteiger partial charge in [-0.1, -0.05) is 11.3 Å². The van der Waals surface area contributed by atoms with E-state index in [1.807, 2.05) is 25.2 Å². The Morgan fingerprint density at radius 2 is 2.33 bits per heavy atom. The standard InChI is InChI=1S/C8H9N3S/c1-10-8-11-6-3-2-5(9)4-7(6)12-8/h2-4H,9H2,1H3,(H,10,11). The Balaban J connectivity index is 2.67. The van der Waals surface area contributed by atoms with E-state index in [4.69, 9.17) is 5.73 Å². The molecule has 0 aliphatic rings. The minimum atomic E-state index is 0.786. The Labute approximate surface area is 74.2 Å². The summed E-state index contributed by atoms with van der Waals surface area (Å²) in [6.45, 7) is 0. The number of nitrogens with two attached hydrogens (primary N) is 1. The van der Waals surface area contributed by atoms with E-state index < -0.39 is 0 Å². The second kappa shape index (κ2) is 2.64. The van der Waals surface area contributed by atoms with Gasteiger partial charge in [-0.15, -0.1) is 0 Å². The third-order valence-corrected chi connectivity index (χ3v) is 2.66. The normalized spacial score (nSPS) is 10.4. The third-order valence-electron chi connectivity index (χ3n) is 1.63. The summed E-state index contributed by atoms with van der Waals surface area (Å²) in [7, 11) is 1.86. The van der Waals surface area contributed by atoms with E-state index in [9.17, 15) is 0 Å². The fraction of sp³-hybridized carbons (Fsp3) is 0.125. The van der Waals surface area contributed by atoms with Crippen molar-refractivity contribution in [3.8, 4) is 0 Å². The van der Waals surface area contributed by atoms with E-state index in [2.05, 4.69) is 10.3 Å². The number of hydrogen-bond donors (Lipinski definition) is 2. The molecule has 0 unspecified atom stereocenters. The molecule has 0 aliphatic carbocycles. The van der Waals surface area contributed by atoms with Crippen LogP contribution in [0.2, 0.25) is 0 Å². The minimum Gasteiger partial charge on any atom is -0.399 e. The van der Waals surface area contributed by atoms with Crippen LogP contribution >= 0.6 is 11.3 Å². The fourth-order valence-corrected chi connectivity index (χ4v) is 1.92. The molecule has 2 rings (SSSR count). The van der Waals surface area contributed by atoms with E-state index in [1.165, 1.54) is 0 Å². The Hall–Kier alpha value is -1.29. The number of nitrogen functional groups attached to an aromatic ring is 1. The summed E-state index contributed by atoms with van der Waals surface area (Å²) in [4.78, 5) is 4.32. The summed E-state index contributed by atoms with van der Waals surface area (Å²) in [5.41, 5.74) is 7.42. The van der Waals surface area contributed by atoms with E-state index in [1.54, 1.807) is 11.3 Å². The average molecular weight is 179 g/mol. The maximum atomic E-state index is 5.63. The second-order valence-electron chi connectivity index (χ2n) is 2.50. The molecule has 0 saturated heterocycles. The smallest absolute Gasteiger partial charge is 0.183 e. The van der Waals surface area contributed by atoms with E-state index >= 15 is 0 Å². The molecule has 0 radical (unpaired) electrons. The Kier molecular flexibility index (Phi) is 1.62. The summed E-state index contributed by atoms with van der Waals surface area (Å²) in [5.74, 6) is 0. The number of fused-ring (bicyclic) bond motifs is 1. The highest BCUT2D eigenvalue weighted by Crippen LogP contribution is 2.26. The first-order valence-corrected chi connectivity index (χ1v) is 4.45. The van der Waals surface area contributed by atoms with Gasteiger partial charge in [0.2, 0.25) is 0 Å². The maximum absolute atomic E-state index is 5.63. The maximum Gasteiger partial charge on any atom is 0.183 e. The van der Waals surface area contributed by atoms with Gasteiger partial charge in [0.1, 0.15) is 0 Å². The van der Waals surface area contributed by atoms with Crippen LogP contribution in [-0.4, -0.2) is 12.0 Å². The predicted octanol–water partition coefficient (Wildman–Crippen LogP) is 1.92. The van der Waals surface area contributed by atoms with Crippen molar-refractivity contribution in [3.05, 3.63) is 18.2 Å². The second-order valence-corrected chi connectivity index (χ2v) is 3.53. The molecule has 3 nitrogen and oxygen atoms in total. The van der Waals surface area contributed by atoms with Crippen molar-refractivity contribution < 1.29 is 0 Å². The number of rotatable bonds is 1. The summed E-state index contributed by atoms with van der Waals surface area (Å²) < 4.78 is 1.12. The zero-order valence-electron chi connectivity index (χ0n) is 6.66. The van der Waals surface area contributed by atoms with Gasteiger partial charge < -0.3 is 11.1 Å². The van der Waals surface area contributed by atoms with Crippen molar-refractivity contribution in [2.75, 3.05) is 18.1 Å².